The van der Waals surface area contributed by atoms with Gasteiger partial charge in [-0.15, -0.1) is 0 Å². The second kappa shape index (κ2) is 5.46. The fraction of sp³-hybridized carbons (Fsp3) is 0.364. The quantitative estimate of drug-likeness (QED) is 0.486. The zero-order valence-electron chi connectivity index (χ0n) is 8.96. The third-order valence-electron chi connectivity index (χ3n) is 1.97. The van der Waals surface area contributed by atoms with Gasteiger partial charge in [0.1, 0.15) is 5.75 Å². The van der Waals surface area contributed by atoms with Crippen molar-refractivity contribution in [3.05, 3.63) is 26.8 Å². The molecule has 0 aliphatic rings. The van der Waals surface area contributed by atoms with Crippen LogP contribution in [0.5, 0.6) is 5.75 Å². The van der Waals surface area contributed by atoms with E-state index in [1.54, 1.807) is 7.11 Å². The third kappa shape index (κ3) is 3.17. The van der Waals surface area contributed by atoms with Crippen molar-refractivity contribution in [3.8, 4) is 5.75 Å². The summed E-state index contributed by atoms with van der Waals surface area (Å²) in [6, 6.07) is 3.70. The van der Waals surface area contributed by atoms with Gasteiger partial charge in [-0.05, 0) is 54.1 Å². The molecule has 0 aromatic heterocycles. The van der Waals surface area contributed by atoms with Crippen LogP contribution in [0.2, 0.25) is 0 Å². The Labute approximate surface area is 103 Å². The molecule has 0 radical (unpaired) electrons. The second-order valence-electron chi connectivity index (χ2n) is 3.20. The van der Waals surface area contributed by atoms with Gasteiger partial charge in [0, 0.05) is 10.7 Å². The van der Waals surface area contributed by atoms with Crippen LogP contribution >= 0.6 is 22.6 Å². The van der Waals surface area contributed by atoms with Crippen molar-refractivity contribution in [1.29, 1.82) is 0 Å². The first-order chi connectivity index (χ1) is 7.06. The third-order valence-corrected chi connectivity index (χ3v) is 3.13. The topological polar surface area (TPSA) is 35.5 Å². The fourth-order valence-electron chi connectivity index (χ4n) is 1.18. The summed E-state index contributed by atoms with van der Waals surface area (Å²) >= 11 is 2.21. The first-order valence-electron chi connectivity index (χ1n) is 4.49. The van der Waals surface area contributed by atoms with Gasteiger partial charge in [-0.2, -0.15) is 0 Å². The Hall–Kier alpha value is -0.620. The number of ketones is 1. The number of Topliss-reactive ketones (excluding diaryl/α,β-unsaturated/α-hetero) is 1. The van der Waals surface area contributed by atoms with Gasteiger partial charge in [-0.3, -0.25) is 4.79 Å². The smallest absolute Gasteiger partial charge is 0.188 e. The number of carbonyl (C=O) groups excluding carboxylic acids is 1. The summed E-state index contributed by atoms with van der Waals surface area (Å²) < 4.78 is 11.2. The van der Waals surface area contributed by atoms with Crippen LogP contribution in [0.15, 0.2) is 12.1 Å². The lowest BCUT2D eigenvalue weighted by atomic mass is 10.1. The van der Waals surface area contributed by atoms with E-state index in [2.05, 4.69) is 22.6 Å². The number of hydrogen-bond acceptors (Lipinski definition) is 3. The summed E-state index contributed by atoms with van der Waals surface area (Å²) in [6.45, 7) is 3.65. The van der Waals surface area contributed by atoms with Crippen LogP contribution in [0.4, 0.5) is 0 Å². The van der Waals surface area contributed by atoms with Crippen molar-refractivity contribution in [1.82, 2.24) is 0 Å². The first kappa shape index (κ1) is 12.4. The van der Waals surface area contributed by atoms with Crippen LogP contribution in [0, 0.1) is 10.5 Å². The van der Waals surface area contributed by atoms with E-state index < -0.39 is 0 Å². The van der Waals surface area contributed by atoms with Crippen molar-refractivity contribution in [3.63, 3.8) is 0 Å². The van der Waals surface area contributed by atoms with Crippen molar-refractivity contribution in [2.75, 3.05) is 13.9 Å². The summed E-state index contributed by atoms with van der Waals surface area (Å²) in [5.74, 6) is 0.583. The number of rotatable bonds is 4. The number of benzene rings is 1. The van der Waals surface area contributed by atoms with Crippen LogP contribution < -0.4 is 4.74 Å². The van der Waals surface area contributed by atoms with E-state index in [4.69, 9.17) is 9.47 Å². The molecule has 0 unspecified atom stereocenters. The predicted molar refractivity (Wildman–Crippen MR) is 66.4 cm³/mol. The lowest BCUT2D eigenvalue weighted by Crippen LogP contribution is -2.05. The zero-order valence-corrected chi connectivity index (χ0v) is 11.1. The molecule has 82 valence electrons. The molecular formula is C11H13IO3. The molecule has 0 aliphatic carbocycles. The highest BCUT2D eigenvalue weighted by Crippen LogP contribution is 2.25. The SMILES string of the molecule is COCOc1cc(I)c(C)cc1C(C)=O. The van der Waals surface area contributed by atoms with Crippen LogP contribution in [0.25, 0.3) is 0 Å². The normalized spacial score (nSPS) is 10.1. The lowest BCUT2D eigenvalue weighted by Gasteiger charge is -2.10. The average molecular weight is 320 g/mol. The van der Waals surface area contributed by atoms with Gasteiger partial charge in [0.05, 0.1) is 5.56 Å². The van der Waals surface area contributed by atoms with Crippen LogP contribution in [0.1, 0.15) is 22.8 Å². The van der Waals surface area contributed by atoms with Crippen LogP contribution in [-0.2, 0) is 4.74 Å². The van der Waals surface area contributed by atoms with E-state index in [9.17, 15) is 4.79 Å². The number of carbonyl (C=O) groups is 1. The number of aryl methyl sites for hydroxylation is 1. The Bertz CT molecular complexity index is 374. The maximum Gasteiger partial charge on any atom is 0.188 e. The highest BCUT2D eigenvalue weighted by Gasteiger charge is 2.11. The molecule has 0 fully saturated rings. The van der Waals surface area contributed by atoms with E-state index in [-0.39, 0.29) is 12.6 Å². The van der Waals surface area contributed by atoms with Crippen molar-refractivity contribution in [2.24, 2.45) is 0 Å². The van der Waals surface area contributed by atoms with Crippen LogP contribution in [-0.4, -0.2) is 19.7 Å². The maximum absolute atomic E-state index is 11.4. The van der Waals surface area contributed by atoms with Gasteiger partial charge in [0.15, 0.2) is 12.6 Å². The number of ether oxygens (including phenoxy) is 2. The highest BCUT2D eigenvalue weighted by molar-refractivity contribution is 14.1. The Morgan fingerprint density at radius 2 is 2.13 bits per heavy atom. The number of methoxy groups -OCH3 is 1. The van der Waals surface area contributed by atoms with Gasteiger partial charge in [0.2, 0.25) is 0 Å². The zero-order chi connectivity index (χ0) is 11.4. The minimum atomic E-state index is 0.000558. The fourth-order valence-corrected chi connectivity index (χ4v) is 1.62. The Morgan fingerprint density at radius 3 is 2.67 bits per heavy atom. The van der Waals surface area contributed by atoms with Gasteiger partial charge >= 0.3 is 0 Å². The summed E-state index contributed by atoms with van der Waals surface area (Å²) in [5, 5.41) is 0. The summed E-state index contributed by atoms with van der Waals surface area (Å²) in [4.78, 5) is 11.4. The highest BCUT2D eigenvalue weighted by atomic mass is 127. The van der Waals surface area contributed by atoms with Gasteiger partial charge < -0.3 is 9.47 Å². The van der Waals surface area contributed by atoms with E-state index >= 15 is 0 Å². The average Bonchev–Trinajstić information content (AvgIpc) is 2.19. The van der Waals surface area contributed by atoms with E-state index in [1.807, 2.05) is 19.1 Å². The van der Waals surface area contributed by atoms with Gasteiger partial charge in [-0.1, -0.05) is 0 Å². The summed E-state index contributed by atoms with van der Waals surface area (Å²) in [5.41, 5.74) is 1.68. The summed E-state index contributed by atoms with van der Waals surface area (Å²) in [7, 11) is 1.55. The molecule has 0 N–H and O–H groups in total. The molecule has 4 heteroatoms. The molecule has 15 heavy (non-hydrogen) atoms. The molecular weight excluding hydrogens is 307 g/mol. The van der Waals surface area contributed by atoms with Gasteiger partial charge in [0.25, 0.3) is 0 Å². The monoisotopic (exact) mass is 320 g/mol. The van der Waals surface area contributed by atoms with E-state index in [1.165, 1.54) is 6.92 Å². The van der Waals surface area contributed by atoms with E-state index in [0.717, 1.165) is 9.13 Å². The molecule has 3 nitrogen and oxygen atoms in total. The standard InChI is InChI=1S/C11H13IO3/c1-7-4-9(8(2)13)11(5-10(7)12)15-6-14-3/h4-5H,6H2,1-3H3. The van der Waals surface area contributed by atoms with Crippen molar-refractivity contribution in [2.45, 2.75) is 13.8 Å². The lowest BCUT2D eigenvalue weighted by molar-refractivity contribution is 0.0502. The molecule has 0 spiro atoms. The van der Waals surface area contributed by atoms with Crippen molar-refractivity contribution < 1.29 is 14.3 Å². The molecule has 0 atom stereocenters. The van der Waals surface area contributed by atoms with Gasteiger partial charge in [-0.25, -0.2) is 0 Å². The predicted octanol–water partition coefficient (Wildman–Crippen LogP) is 2.78. The molecule has 0 saturated carbocycles. The second-order valence-corrected chi connectivity index (χ2v) is 4.37. The molecule has 1 aromatic rings. The van der Waals surface area contributed by atoms with E-state index in [0.29, 0.717) is 11.3 Å². The molecule has 0 heterocycles. The Balaban J connectivity index is 3.10. The Morgan fingerprint density at radius 1 is 1.47 bits per heavy atom. The molecule has 0 bridgehead atoms. The molecule has 0 amide bonds. The summed E-state index contributed by atoms with van der Waals surface area (Å²) in [6.07, 6.45) is 0. The molecule has 1 aromatic carbocycles. The Kier molecular flexibility index (Phi) is 4.53. The molecule has 0 aliphatic heterocycles. The number of hydrogen-bond donors (Lipinski definition) is 0. The van der Waals surface area contributed by atoms with Crippen LogP contribution in [0.3, 0.4) is 0 Å². The maximum atomic E-state index is 11.4. The minimum Gasteiger partial charge on any atom is -0.467 e. The largest absolute Gasteiger partial charge is 0.467 e. The molecule has 1 rings (SSSR count). The molecule has 0 saturated heterocycles. The van der Waals surface area contributed by atoms with Crippen molar-refractivity contribution >= 4 is 28.4 Å². The minimum absolute atomic E-state index is 0.000558. The number of halogens is 1. The first-order valence-corrected chi connectivity index (χ1v) is 5.57.